The van der Waals surface area contributed by atoms with Gasteiger partial charge in [0.2, 0.25) is 0 Å². The van der Waals surface area contributed by atoms with E-state index in [2.05, 4.69) is 42.2 Å². The average molecular weight is 382 g/mol. The van der Waals surface area contributed by atoms with Gasteiger partial charge in [0.05, 0.1) is 13.7 Å². The lowest BCUT2D eigenvalue weighted by Gasteiger charge is -2.33. The van der Waals surface area contributed by atoms with Crippen molar-refractivity contribution in [2.75, 3.05) is 40.0 Å². The highest BCUT2D eigenvalue weighted by Crippen LogP contribution is 2.44. The van der Waals surface area contributed by atoms with Crippen molar-refractivity contribution in [3.63, 3.8) is 0 Å². The second-order valence-corrected chi connectivity index (χ2v) is 7.83. The molecule has 0 radical (unpaired) electrons. The molecular formula is C24H31NO3. The third-order valence-electron chi connectivity index (χ3n) is 6.12. The summed E-state index contributed by atoms with van der Waals surface area (Å²) >= 11 is 0. The van der Waals surface area contributed by atoms with Crippen molar-refractivity contribution in [2.24, 2.45) is 5.92 Å². The lowest BCUT2D eigenvalue weighted by atomic mass is 9.78. The fourth-order valence-electron chi connectivity index (χ4n) is 4.45. The maximum absolute atomic E-state index is 6.04. The fraction of sp³-hybridized carbons (Fsp3) is 0.500. The van der Waals surface area contributed by atoms with Gasteiger partial charge in [-0.3, -0.25) is 4.90 Å². The zero-order valence-corrected chi connectivity index (χ0v) is 17.0. The van der Waals surface area contributed by atoms with Gasteiger partial charge < -0.3 is 14.2 Å². The Hall–Kier alpha value is -2.20. The number of ether oxygens (including phenoxy) is 3. The minimum absolute atomic E-state index is 0.346. The molecule has 0 spiro atoms. The predicted octanol–water partition coefficient (Wildman–Crippen LogP) is 4.72. The summed E-state index contributed by atoms with van der Waals surface area (Å²) in [5.41, 5.74) is 2.58. The third kappa shape index (κ3) is 4.12. The van der Waals surface area contributed by atoms with E-state index in [0.29, 0.717) is 11.8 Å². The Morgan fingerprint density at radius 1 is 1.04 bits per heavy atom. The molecule has 4 rings (SSSR count). The van der Waals surface area contributed by atoms with E-state index in [9.17, 15) is 0 Å². The van der Waals surface area contributed by atoms with Crippen molar-refractivity contribution in [1.82, 2.24) is 4.90 Å². The van der Waals surface area contributed by atoms with E-state index in [4.69, 9.17) is 14.2 Å². The Labute approximate surface area is 168 Å². The van der Waals surface area contributed by atoms with Crippen molar-refractivity contribution < 1.29 is 14.2 Å². The van der Waals surface area contributed by atoms with E-state index in [1.807, 2.05) is 12.1 Å². The predicted molar refractivity (Wildman–Crippen MR) is 112 cm³/mol. The maximum atomic E-state index is 6.04. The fourth-order valence-corrected chi connectivity index (χ4v) is 4.45. The van der Waals surface area contributed by atoms with Crippen molar-refractivity contribution in [3.8, 4) is 17.2 Å². The third-order valence-corrected chi connectivity index (χ3v) is 6.12. The summed E-state index contributed by atoms with van der Waals surface area (Å²) in [6, 6.07) is 14.9. The van der Waals surface area contributed by atoms with Crippen LogP contribution in [0.5, 0.6) is 17.2 Å². The molecular weight excluding hydrogens is 350 g/mol. The summed E-state index contributed by atoms with van der Waals surface area (Å²) in [7, 11) is 1.69. The molecule has 28 heavy (non-hydrogen) atoms. The molecule has 0 aromatic heterocycles. The van der Waals surface area contributed by atoms with Gasteiger partial charge in [-0.15, -0.1) is 0 Å². The minimum Gasteiger partial charge on any atom is -0.497 e. The van der Waals surface area contributed by atoms with Gasteiger partial charge in [0.15, 0.2) is 0 Å². The molecule has 2 aliphatic rings. The lowest BCUT2D eigenvalue weighted by Crippen LogP contribution is -2.26. The summed E-state index contributed by atoms with van der Waals surface area (Å²) in [5.74, 6) is 3.56. The maximum Gasteiger partial charge on any atom is 0.126 e. The molecule has 0 bridgehead atoms. The highest BCUT2D eigenvalue weighted by Gasteiger charge is 2.31. The number of hydrogen-bond acceptors (Lipinski definition) is 4. The van der Waals surface area contributed by atoms with Gasteiger partial charge in [0.1, 0.15) is 23.9 Å². The molecule has 1 fully saturated rings. The molecule has 2 aliphatic heterocycles. The Bertz CT molecular complexity index is 768. The molecule has 2 atom stereocenters. The average Bonchev–Trinajstić information content (AvgIpc) is 3.26. The van der Waals surface area contributed by atoms with Crippen molar-refractivity contribution >= 4 is 0 Å². The van der Waals surface area contributed by atoms with Crippen LogP contribution in [-0.4, -0.2) is 44.9 Å². The summed E-state index contributed by atoms with van der Waals surface area (Å²) in [6.07, 6.45) is 3.74. The minimum atomic E-state index is 0.346. The normalized spacial score (nSPS) is 21.8. The van der Waals surface area contributed by atoms with Crippen molar-refractivity contribution in [2.45, 2.75) is 32.1 Å². The molecule has 2 aromatic carbocycles. The number of likely N-dealkylation sites (tertiary alicyclic amines) is 1. The van der Waals surface area contributed by atoms with Crippen LogP contribution in [0.2, 0.25) is 0 Å². The smallest absolute Gasteiger partial charge is 0.126 e. The Kier molecular flexibility index (Phi) is 6.06. The van der Waals surface area contributed by atoms with Gasteiger partial charge >= 0.3 is 0 Å². The van der Waals surface area contributed by atoms with Crippen LogP contribution in [0, 0.1) is 5.92 Å². The number of rotatable bonds is 7. The molecule has 0 amide bonds. The standard InChI is InChI=1S/C24H31NO3/c1-3-18-17-28-23-16-21(26-2)10-11-22(23)24(18)19-6-8-20(9-7-19)27-15-14-25-12-4-5-13-25/h6-11,16,18,24H,3-5,12-15,17H2,1-2H3/t18-,24+/m1/s1. The number of hydrogen-bond donors (Lipinski definition) is 0. The Balaban J connectivity index is 1.47. The zero-order chi connectivity index (χ0) is 19.3. The second kappa shape index (κ2) is 8.87. The van der Waals surface area contributed by atoms with E-state index >= 15 is 0 Å². The van der Waals surface area contributed by atoms with E-state index in [-0.39, 0.29) is 0 Å². The number of methoxy groups -OCH3 is 1. The van der Waals surface area contributed by atoms with Crippen LogP contribution in [0.15, 0.2) is 42.5 Å². The molecule has 1 saturated heterocycles. The van der Waals surface area contributed by atoms with Gasteiger partial charge in [0.25, 0.3) is 0 Å². The van der Waals surface area contributed by atoms with Crippen LogP contribution in [-0.2, 0) is 0 Å². The first-order valence-corrected chi connectivity index (χ1v) is 10.5. The number of benzene rings is 2. The molecule has 0 aliphatic carbocycles. The van der Waals surface area contributed by atoms with Gasteiger partial charge in [0, 0.05) is 30.0 Å². The molecule has 4 heteroatoms. The van der Waals surface area contributed by atoms with Crippen LogP contribution in [0.3, 0.4) is 0 Å². The topological polar surface area (TPSA) is 30.9 Å². The summed E-state index contributed by atoms with van der Waals surface area (Å²) in [4.78, 5) is 2.48. The summed E-state index contributed by atoms with van der Waals surface area (Å²) in [6.45, 7) is 7.20. The quantitative estimate of drug-likeness (QED) is 0.694. The second-order valence-electron chi connectivity index (χ2n) is 7.83. The Morgan fingerprint density at radius 3 is 2.50 bits per heavy atom. The molecule has 150 valence electrons. The number of fused-ring (bicyclic) bond motifs is 1. The monoisotopic (exact) mass is 381 g/mol. The summed E-state index contributed by atoms with van der Waals surface area (Å²) in [5, 5.41) is 0. The first-order chi connectivity index (χ1) is 13.8. The van der Waals surface area contributed by atoms with E-state index < -0.39 is 0 Å². The van der Waals surface area contributed by atoms with E-state index in [1.165, 1.54) is 37.1 Å². The van der Waals surface area contributed by atoms with Gasteiger partial charge in [-0.05, 0) is 56.1 Å². The van der Waals surface area contributed by atoms with Crippen LogP contribution in [0.25, 0.3) is 0 Å². The first-order valence-electron chi connectivity index (χ1n) is 10.5. The van der Waals surface area contributed by atoms with Gasteiger partial charge in [-0.25, -0.2) is 0 Å². The van der Waals surface area contributed by atoms with E-state index in [1.54, 1.807) is 7.11 Å². The van der Waals surface area contributed by atoms with E-state index in [0.717, 1.165) is 43.4 Å². The molecule has 2 heterocycles. The van der Waals surface area contributed by atoms with Crippen LogP contribution in [0.1, 0.15) is 43.2 Å². The highest BCUT2D eigenvalue weighted by atomic mass is 16.5. The van der Waals surface area contributed by atoms with Crippen molar-refractivity contribution in [3.05, 3.63) is 53.6 Å². The highest BCUT2D eigenvalue weighted by molar-refractivity contribution is 5.48. The molecule has 0 saturated carbocycles. The molecule has 0 unspecified atom stereocenters. The van der Waals surface area contributed by atoms with Crippen LogP contribution < -0.4 is 14.2 Å². The SMILES string of the molecule is CC[C@@H]1COc2cc(OC)ccc2[C@@H]1c1ccc(OCCN2CCCC2)cc1. The van der Waals surface area contributed by atoms with Crippen LogP contribution in [0.4, 0.5) is 0 Å². The molecule has 4 nitrogen and oxygen atoms in total. The molecule has 2 aromatic rings. The Morgan fingerprint density at radius 2 is 1.79 bits per heavy atom. The van der Waals surface area contributed by atoms with Gasteiger partial charge in [-0.1, -0.05) is 25.1 Å². The zero-order valence-electron chi connectivity index (χ0n) is 17.0. The van der Waals surface area contributed by atoms with Gasteiger partial charge in [-0.2, -0.15) is 0 Å². The lowest BCUT2D eigenvalue weighted by molar-refractivity contribution is 0.200. The summed E-state index contributed by atoms with van der Waals surface area (Å²) < 4.78 is 17.4. The van der Waals surface area contributed by atoms with Crippen molar-refractivity contribution in [1.29, 1.82) is 0 Å². The number of nitrogens with zero attached hydrogens (tertiary/aromatic N) is 1. The largest absolute Gasteiger partial charge is 0.497 e. The molecule has 0 N–H and O–H groups in total. The first kappa shape index (κ1) is 19.1. The van der Waals surface area contributed by atoms with Crippen LogP contribution >= 0.6 is 0 Å².